The number of benzene rings is 5. The van der Waals surface area contributed by atoms with Crippen LogP contribution in [0, 0.1) is 11.5 Å². The normalized spacial score (nSPS) is 11.8. The Balaban J connectivity index is 2.06. The molecule has 0 unspecified atom stereocenters. The van der Waals surface area contributed by atoms with E-state index >= 15 is 0 Å². The van der Waals surface area contributed by atoms with Crippen LogP contribution in [0.4, 0.5) is 0 Å². The molecule has 0 bridgehead atoms. The van der Waals surface area contributed by atoms with Gasteiger partial charge >= 0.3 is 0 Å². The Kier molecular flexibility index (Phi) is 3.79. The first-order chi connectivity index (χ1) is 13.5. The molecule has 0 amide bonds. The standard InChI is InChI=1S/C27H22Si/c1-28(2,3)17-16-21-18-22-13-12-19-8-4-6-10-23(19)26(22)27-24-11-7-5-9-20(24)14-15-25(21)27/h4-15,18H,1-3H3. The highest BCUT2D eigenvalue weighted by Crippen LogP contribution is 2.38. The van der Waals surface area contributed by atoms with Crippen LogP contribution in [-0.2, 0) is 0 Å². The molecule has 0 aliphatic heterocycles. The molecular weight excluding hydrogens is 352 g/mol. The van der Waals surface area contributed by atoms with E-state index in [0.717, 1.165) is 5.56 Å². The summed E-state index contributed by atoms with van der Waals surface area (Å²) in [5.74, 6) is 3.54. The van der Waals surface area contributed by atoms with E-state index in [2.05, 4.69) is 110 Å². The molecule has 134 valence electrons. The summed E-state index contributed by atoms with van der Waals surface area (Å²) >= 11 is 0. The Labute approximate surface area is 166 Å². The Morgan fingerprint density at radius 2 is 1.14 bits per heavy atom. The molecule has 0 N–H and O–H groups in total. The minimum atomic E-state index is -1.45. The molecular formula is C27H22Si. The molecule has 28 heavy (non-hydrogen) atoms. The lowest BCUT2D eigenvalue weighted by Gasteiger charge is -2.13. The van der Waals surface area contributed by atoms with Gasteiger partial charge in [-0.3, -0.25) is 0 Å². The fourth-order valence-electron chi connectivity index (χ4n) is 4.04. The highest BCUT2D eigenvalue weighted by Gasteiger charge is 2.13. The van der Waals surface area contributed by atoms with E-state index in [4.69, 9.17) is 0 Å². The number of hydrogen-bond acceptors (Lipinski definition) is 0. The van der Waals surface area contributed by atoms with Gasteiger partial charge in [0.05, 0.1) is 0 Å². The number of hydrogen-bond donors (Lipinski definition) is 0. The Morgan fingerprint density at radius 1 is 0.571 bits per heavy atom. The molecule has 0 fully saturated rings. The summed E-state index contributed by atoms with van der Waals surface area (Å²) in [5.41, 5.74) is 4.71. The fourth-order valence-corrected chi connectivity index (χ4v) is 4.55. The maximum atomic E-state index is 3.57. The summed E-state index contributed by atoms with van der Waals surface area (Å²) < 4.78 is 0. The molecule has 1 heteroatoms. The second-order valence-corrected chi connectivity index (χ2v) is 13.3. The first kappa shape index (κ1) is 17.0. The van der Waals surface area contributed by atoms with Crippen LogP contribution in [0.15, 0.2) is 78.9 Å². The van der Waals surface area contributed by atoms with E-state index < -0.39 is 8.07 Å². The van der Waals surface area contributed by atoms with Crippen molar-refractivity contribution in [1.29, 1.82) is 0 Å². The van der Waals surface area contributed by atoms with Gasteiger partial charge in [0.15, 0.2) is 0 Å². The summed E-state index contributed by atoms with van der Waals surface area (Å²) in [6, 6.07) is 28.6. The monoisotopic (exact) mass is 374 g/mol. The average Bonchev–Trinajstić information content (AvgIpc) is 2.70. The Morgan fingerprint density at radius 3 is 1.82 bits per heavy atom. The van der Waals surface area contributed by atoms with Crippen molar-refractivity contribution in [1.82, 2.24) is 0 Å². The quantitative estimate of drug-likeness (QED) is 0.149. The van der Waals surface area contributed by atoms with Crippen LogP contribution < -0.4 is 0 Å². The SMILES string of the molecule is C[Si](C)(C)C#Cc1cc2ccc3ccccc3c2c2c1ccc1ccccc12. The van der Waals surface area contributed by atoms with E-state index in [0.29, 0.717) is 0 Å². The maximum absolute atomic E-state index is 3.57. The highest BCUT2D eigenvalue weighted by atomic mass is 28.3. The molecule has 0 saturated heterocycles. The van der Waals surface area contributed by atoms with Gasteiger partial charge in [0.2, 0.25) is 0 Å². The third-order valence-corrected chi connectivity index (χ3v) is 6.18. The molecule has 5 rings (SSSR count). The molecule has 0 aliphatic rings. The number of fused-ring (bicyclic) bond motifs is 7. The molecule has 0 radical (unpaired) electrons. The summed E-state index contributed by atoms with van der Waals surface area (Å²) in [6.45, 7) is 6.89. The Bertz CT molecular complexity index is 1440. The van der Waals surface area contributed by atoms with Crippen molar-refractivity contribution in [3.63, 3.8) is 0 Å². The van der Waals surface area contributed by atoms with Gasteiger partial charge in [0.1, 0.15) is 8.07 Å². The largest absolute Gasteiger partial charge is 0.129 e. The molecule has 0 spiro atoms. The van der Waals surface area contributed by atoms with Crippen LogP contribution in [0.3, 0.4) is 0 Å². The highest BCUT2D eigenvalue weighted by molar-refractivity contribution is 6.83. The first-order valence-electron chi connectivity index (χ1n) is 9.80. The van der Waals surface area contributed by atoms with E-state index in [9.17, 15) is 0 Å². The van der Waals surface area contributed by atoms with Crippen molar-refractivity contribution in [2.24, 2.45) is 0 Å². The molecule has 0 aromatic heterocycles. The van der Waals surface area contributed by atoms with E-state index in [-0.39, 0.29) is 0 Å². The van der Waals surface area contributed by atoms with Crippen LogP contribution in [0.1, 0.15) is 5.56 Å². The summed E-state index contributed by atoms with van der Waals surface area (Å²) in [7, 11) is -1.45. The topological polar surface area (TPSA) is 0 Å². The van der Waals surface area contributed by atoms with Gasteiger partial charge in [-0.25, -0.2) is 0 Å². The van der Waals surface area contributed by atoms with Gasteiger partial charge < -0.3 is 0 Å². The third kappa shape index (κ3) is 2.78. The lowest BCUT2D eigenvalue weighted by atomic mass is 9.90. The molecule has 5 aromatic rings. The molecule has 5 aromatic carbocycles. The van der Waals surface area contributed by atoms with Gasteiger partial charge in [0, 0.05) is 5.56 Å². The minimum Gasteiger partial charge on any atom is -0.127 e. The van der Waals surface area contributed by atoms with Gasteiger partial charge in [-0.2, -0.15) is 0 Å². The van der Waals surface area contributed by atoms with Crippen molar-refractivity contribution in [3.8, 4) is 11.5 Å². The van der Waals surface area contributed by atoms with Crippen molar-refractivity contribution >= 4 is 51.2 Å². The minimum absolute atomic E-state index is 1.14. The van der Waals surface area contributed by atoms with E-state index in [1.165, 1.54) is 43.1 Å². The van der Waals surface area contributed by atoms with Gasteiger partial charge in [-0.1, -0.05) is 98.4 Å². The molecule has 0 saturated carbocycles. The van der Waals surface area contributed by atoms with Crippen molar-refractivity contribution in [3.05, 3.63) is 84.4 Å². The van der Waals surface area contributed by atoms with Crippen molar-refractivity contribution < 1.29 is 0 Å². The molecule has 0 heterocycles. The van der Waals surface area contributed by atoms with Crippen LogP contribution in [-0.4, -0.2) is 8.07 Å². The molecule has 0 atom stereocenters. The van der Waals surface area contributed by atoms with Gasteiger partial charge in [-0.15, -0.1) is 5.54 Å². The fraction of sp³-hybridized carbons (Fsp3) is 0.111. The predicted molar refractivity (Wildman–Crippen MR) is 127 cm³/mol. The molecule has 0 nitrogen and oxygen atoms in total. The first-order valence-corrected chi connectivity index (χ1v) is 13.3. The third-order valence-electron chi connectivity index (χ3n) is 5.30. The van der Waals surface area contributed by atoms with E-state index in [1.807, 2.05) is 0 Å². The zero-order valence-electron chi connectivity index (χ0n) is 16.5. The predicted octanol–water partition coefficient (Wildman–Crippen LogP) is 7.53. The smallest absolute Gasteiger partial charge is 0.127 e. The lowest BCUT2D eigenvalue weighted by molar-refractivity contribution is 1.75. The summed E-state index contributed by atoms with van der Waals surface area (Å²) in [5, 5.41) is 10.4. The van der Waals surface area contributed by atoms with E-state index in [1.54, 1.807) is 0 Å². The lowest BCUT2D eigenvalue weighted by Crippen LogP contribution is -2.16. The van der Waals surface area contributed by atoms with Crippen molar-refractivity contribution in [2.45, 2.75) is 19.6 Å². The Hall–Kier alpha value is -3.08. The van der Waals surface area contributed by atoms with Gasteiger partial charge in [0.25, 0.3) is 0 Å². The maximum Gasteiger partial charge on any atom is 0.129 e. The van der Waals surface area contributed by atoms with Crippen LogP contribution in [0.2, 0.25) is 19.6 Å². The molecule has 0 aliphatic carbocycles. The summed E-state index contributed by atoms with van der Waals surface area (Å²) in [4.78, 5) is 0. The summed E-state index contributed by atoms with van der Waals surface area (Å²) in [6.07, 6.45) is 0. The number of rotatable bonds is 0. The van der Waals surface area contributed by atoms with Crippen LogP contribution in [0.25, 0.3) is 43.1 Å². The average molecular weight is 375 g/mol. The van der Waals surface area contributed by atoms with Gasteiger partial charge in [-0.05, 0) is 49.2 Å². The zero-order chi connectivity index (χ0) is 19.3. The van der Waals surface area contributed by atoms with Crippen LogP contribution >= 0.6 is 0 Å². The second-order valence-electron chi connectivity index (χ2n) is 8.52. The van der Waals surface area contributed by atoms with Crippen molar-refractivity contribution in [2.75, 3.05) is 0 Å². The van der Waals surface area contributed by atoms with Crippen LogP contribution in [0.5, 0.6) is 0 Å². The second kappa shape index (κ2) is 6.23. The zero-order valence-corrected chi connectivity index (χ0v) is 17.5.